The molecular formula is C16H21ClN6O2. The largest absolute Gasteiger partial charge is 0.475 e. The Morgan fingerprint density at radius 3 is 3.04 bits per heavy atom. The summed E-state index contributed by atoms with van der Waals surface area (Å²) in [5.41, 5.74) is 1.15. The highest BCUT2D eigenvalue weighted by molar-refractivity contribution is 6.31. The van der Waals surface area contributed by atoms with Crippen molar-refractivity contribution in [3.63, 3.8) is 0 Å². The second-order valence-electron chi connectivity index (χ2n) is 5.84. The van der Waals surface area contributed by atoms with E-state index in [1.807, 2.05) is 11.6 Å². The highest BCUT2D eigenvalue weighted by Crippen LogP contribution is 2.20. The molecule has 1 aliphatic rings. The first-order valence-corrected chi connectivity index (χ1v) is 8.68. The molecule has 134 valence electrons. The molecular weight excluding hydrogens is 344 g/mol. The molecule has 3 heterocycles. The number of ether oxygens (including phenoxy) is 1. The van der Waals surface area contributed by atoms with E-state index >= 15 is 0 Å². The van der Waals surface area contributed by atoms with Crippen LogP contribution in [-0.4, -0.2) is 52.1 Å². The maximum absolute atomic E-state index is 12.3. The maximum Gasteiger partial charge on any atom is 0.273 e. The molecule has 8 nitrogen and oxygen atoms in total. The van der Waals surface area contributed by atoms with Crippen LogP contribution in [0.25, 0.3) is 0 Å². The molecule has 1 fully saturated rings. The number of nitrogens with one attached hydrogen (secondary N) is 2. The predicted octanol–water partition coefficient (Wildman–Crippen LogP) is 1.37. The van der Waals surface area contributed by atoms with Gasteiger partial charge in [0.1, 0.15) is 11.6 Å². The molecule has 0 unspecified atom stereocenters. The van der Waals surface area contributed by atoms with Crippen LogP contribution >= 0.6 is 11.6 Å². The summed E-state index contributed by atoms with van der Waals surface area (Å²) in [6.45, 7) is 4.38. The summed E-state index contributed by atoms with van der Waals surface area (Å²) >= 11 is 5.96. The van der Waals surface area contributed by atoms with Gasteiger partial charge in [-0.2, -0.15) is 0 Å². The molecule has 1 amide bonds. The first kappa shape index (κ1) is 17.6. The first-order chi connectivity index (χ1) is 12.2. The third kappa shape index (κ3) is 4.26. The van der Waals surface area contributed by atoms with Crippen molar-refractivity contribution < 1.29 is 9.53 Å². The number of piperidine rings is 1. The Labute approximate surface area is 150 Å². The van der Waals surface area contributed by atoms with Crippen molar-refractivity contribution in [1.82, 2.24) is 30.6 Å². The Bertz CT molecular complexity index is 729. The van der Waals surface area contributed by atoms with E-state index < -0.39 is 0 Å². The van der Waals surface area contributed by atoms with Gasteiger partial charge in [0, 0.05) is 6.20 Å². The summed E-state index contributed by atoms with van der Waals surface area (Å²) in [6.07, 6.45) is 3.58. The molecule has 2 aromatic rings. The molecule has 9 heteroatoms. The lowest BCUT2D eigenvalue weighted by Crippen LogP contribution is -2.31. The summed E-state index contributed by atoms with van der Waals surface area (Å²) in [6, 6.07) is 3.72. The topological polar surface area (TPSA) is 94.0 Å². The van der Waals surface area contributed by atoms with Crippen LogP contribution < -0.4 is 15.4 Å². The number of amides is 1. The zero-order valence-corrected chi connectivity index (χ0v) is 14.8. The number of halogens is 1. The van der Waals surface area contributed by atoms with Crippen LogP contribution in [0.5, 0.6) is 5.88 Å². The van der Waals surface area contributed by atoms with Crippen LogP contribution in [0, 0.1) is 6.92 Å². The molecule has 0 bridgehead atoms. The Kier molecular flexibility index (Phi) is 5.83. The molecule has 2 aromatic heterocycles. The second-order valence-corrected chi connectivity index (χ2v) is 6.25. The van der Waals surface area contributed by atoms with Gasteiger partial charge in [0.05, 0.1) is 18.3 Å². The van der Waals surface area contributed by atoms with Crippen LogP contribution in [0.2, 0.25) is 5.02 Å². The number of pyridine rings is 1. The monoisotopic (exact) mass is 364 g/mol. The fraction of sp³-hybridized carbons (Fsp3) is 0.500. The van der Waals surface area contributed by atoms with Crippen LogP contribution in [0.15, 0.2) is 18.3 Å². The van der Waals surface area contributed by atoms with E-state index in [0.29, 0.717) is 29.2 Å². The number of hydrogen-bond acceptors (Lipinski definition) is 6. The predicted molar refractivity (Wildman–Crippen MR) is 93.0 cm³/mol. The second kappa shape index (κ2) is 8.26. The average molecular weight is 365 g/mol. The quantitative estimate of drug-likeness (QED) is 0.752. The van der Waals surface area contributed by atoms with E-state index in [9.17, 15) is 4.79 Å². The molecule has 0 aromatic carbocycles. The van der Waals surface area contributed by atoms with Crippen molar-refractivity contribution in [3.8, 4) is 5.88 Å². The van der Waals surface area contributed by atoms with Crippen molar-refractivity contribution >= 4 is 17.5 Å². The molecule has 0 spiro atoms. The van der Waals surface area contributed by atoms with Crippen molar-refractivity contribution in [2.75, 3.05) is 26.2 Å². The Morgan fingerprint density at radius 1 is 1.48 bits per heavy atom. The normalized spacial score (nSPS) is 15.1. The van der Waals surface area contributed by atoms with Gasteiger partial charge in [-0.1, -0.05) is 16.8 Å². The van der Waals surface area contributed by atoms with Crippen molar-refractivity contribution in [2.45, 2.75) is 25.8 Å². The number of aromatic nitrogens is 4. The van der Waals surface area contributed by atoms with E-state index in [0.717, 1.165) is 31.6 Å². The standard InChI is InChI=1S/C16H21ClN6O2/c1-11-14(21-22-23(11)12-4-7-18-8-5-12)15(24)19-9-10-25-16-13(17)3-2-6-20-16/h2-3,6,12,18H,4-5,7-10H2,1H3,(H,19,24). The fourth-order valence-electron chi connectivity index (χ4n) is 2.82. The SMILES string of the molecule is Cc1c(C(=O)NCCOc2ncccc2Cl)nnn1C1CCNCC1. The van der Waals surface area contributed by atoms with E-state index in [-0.39, 0.29) is 12.5 Å². The van der Waals surface area contributed by atoms with Crippen molar-refractivity contribution in [1.29, 1.82) is 0 Å². The minimum absolute atomic E-state index is 0.256. The summed E-state index contributed by atoms with van der Waals surface area (Å²) in [4.78, 5) is 16.3. The van der Waals surface area contributed by atoms with Crippen molar-refractivity contribution in [3.05, 3.63) is 34.7 Å². The highest BCUT2D eigenvalue weighted by Gasteiger charge is 2.22. The highest BCUT2D eigenvalue weighted by atomic mass is 35.5. The smallest absolute Gasteiger partial charge is 0.273 e. The molecule has 0 saturated carbocycles. The summed E-state index contributed by atoms with van der Waals surface area (Å²) in [5, 5.41) is 14.8. The van der Waals surface area contributed by atoms with Crippen LogP contribution in [0.1, 0.15) is 35.1 Å². The van der Waals surface area contributed by atoms with E-state index in [2.05, 4.69) is 25.9 Å². The molecule has 0 radical (unpaired) electrons. The minimum Gasteiger partial charge on any atom is -0.475 e. The van der Waals surface area contributed by atoms with Gasteiger partial charge in [-0.25, -0.2) is 9.67 Å². The lowest BCUT2D eigenvalue weighted by Gasteiger charge is -2.23. The number of carbonyl (C=O) groups is 1. The Balaban J connectivity index is 1.51. The summed E-state index contributed by atoms with van der Waals surface area (Å²) in [5.74, 6) is 0.0971. The first-order valence-electron chi connectivity index (χ1n) is 8.31. The Morgan fingerprint density at radius 2 is 2.28 bits per heavy atom. The van der Waals surface area contributed by atoms with Gasteiger partial charge in [-0.3, -0.25) is 4.79 Å². The van der Waals surface area contributed by atoms with E-state index in [1.165, 1.54) is 0 Å². The molecule has 25 heavy (non-hydrogen) atoms. The number of hydrogen-bond donors (Lipinski definition) is 2. The third-order valence-corrected chi connectivity index (χ3v) is 4.44. The van der Waals surface area contributed by atoms with Crippen LogP contribution in [-0.2, 0) is 0 Å². The van der Waals surface area contributed by atoms with Gasteiger partial charge < -0.3 is 15.4 Å². The number of nitrogens with zero attached hydrogens (tertiary/aromatic N) is 4. The van der Waals surface area contributed by atoms with Gasteiger partial charge in [-0.05, 0) is 45.0 Å². The molecule has 0 aliphatic carbocycles. The Hall–Kier alpha value is -2.19. The van der Waals surface area contributed by atoms with E-state index in [4.69, 9.17) is 16.3 Å². The molecule has 1 aliphatic heterocycles. The summed E-state index contributed by atoms with van der Waals surface area (Å²) < 4.78 is 7.31. The number of carbonyl (C=O) groups excluding carboxylic acids is 1. The van der Waals surface area contributed by atoms with Crippen molar-refractivity contribution in [2.24, 2.45) is 0 Å². The van der Waals surface area contributed by atoms with E-state index in [1.54, 1.807) is 18.3 Å². The lowest BCUT2D eigenvalue weighted by atomic mass is 10.1. The van der Waals surface area contributed by atoms with Crippen LogP contribution in [0.3, 0.4) is 0 Å². The third-order valence-electron chi connectivity index (χ3n) is 4.15. The molecule has 0 atom stereocenters. The van der Waals surface area contributed by atoms with Gasteiger partial charge >= 0.3 is 0 Å². The zero-order chi connectivity index (χ0) is 17.6. The van der Waals surface area contributed by atoms with Gasteiger partial charge in [0.15, 0.2) is 5.69 Å². The van der Waals surface area contributed by atoms with Gasteiger partial charge in [0.2, 0.25) is 5.88 Å². The maximum atomic E-state index is 12.3. The molecule has 3 rings (SSSR count). The minimum atomic E-state index is -0.256. The fourth-order valence-corrected chi connectivity index (χ4v) is 3.00. The lowest BCUT2D eigenvalue weighted by molar-refractivity contribution is 0.0941. The average Bonchev–Trinajstić information content (AvgIpc) is 3.02. The van der Waals surface area contributed by atoms with Crippen LogP contribution in [0.4, 0.5) is 0 Å². The summed E-state index contributed by atoms with van der Waals surface area (Å²) in [7, 11) is 0. The number of rotatable bonds is 6. The zero-order valence-electron chi connectivity index (χ0n) is 14.0. The molecule has 2 N–H and O–H groups in total. The van der Waals surface area contributed by atoms with Gasteiger partial charge in [0.25, 0.3) is 5.91 Å². The van der Waals surface area contributed by atoms with Gasteiger partial charge in [-0.15, -0.1) is 5.10 Å². The molecule has 1 saturated heterocycles.